The quantitative estimate of drug-likeness (QED) is 0.388. The highest BCUT2D eigenvalue weighted by molar-refractivity contribution is 5.78. The van der Waals surface area contributed by atoms with E-state index in [1.54, 1.807) is 6.92 Å². The maximum Gasteiger partial charge on any atom is 0.327 e. The van der Waals surface area contributed by atoms with E-state index in [2.05, 4.69) is 11.3 Å². The van der Waals surface area contributed by atoms with Crippen molar-refractivity contribution in [3.8, 4) is 0 Å². The number of aliphatic carboxylic acids is 1. The summed E-state index contributed by atoms with van der Waals surface area (Å²) in [5, 5.41) is 23.4. The van der Waals surface area contributed by atoms with Crippen LogP contribution >= 0.6 is 0 Å². The van der Waals surface area contributed by atoms with Crippen molar-refractivity contribution in [2.45, 2.75) is 13.4 Å². The molecule has 0 aliphatic carbocycles. The minimum absolute atomic E-state index is 0.331. The number of hydrogen-bond donors (Lipinski definition) is 3. The molecule has 0 atom stereocenters. The second kappa shape index (κ2) is 9.09. The van der Waals surface area contributed by atoms with E-state index < -0.39 is 12.4 Å². The number of rotatable bonds is 3. The Morgan fingerprint density at radius 2 is 2.09 bits per heavy atom. The molecule has 11 heavy (non-hydrogen) atoms. The summed E-state index contributed by atoms with van der Waals surface area (Å²) in [6.45, 7) is 3.37. The normalized spacial score (nSPS) is 8.36. The van der Waals surface area contributed by atoms with Gasteiger partial charge in [0.2, 0.25) is 0 Å². The first-order valence-electron chi connectivity index (χ1n) is 2.87. The average Bonchev–Trinajstić information content (AvgIpc) is 1.89. The van der Waals surface area contributed by atoms with E-state index in [4.69, 9.17) is 15.3 Å². The first-order valence-corrected chi connectivity index (χ1v) is 2.87. The molecule has 0 unspecified atom stereocenters. The van der Waals surface area contributed by atoms with Gasteiger partial charge in [-0.1, -0.05) is 6.58 Å². The highest BCUT2D eigenvalue weighted by Crippen LogP contribution is 1.74. The average molecular weight is 164 g/mol. The summed E-state index contributed by atoms with van der Waals surface area (Å²) in [6, 6.07) is 0. The van der Waals surface area contributed by atoms with Crippen LogP contribution < -0.4 is 0 Å². The van der Waals surface area contributed by atoms with Crippen LogP contribution in [0.4, 0.5) is 0 Å². The zero-order chi connectivity index (χ0) is 9.28. The van der Waals surface area contributed by atoms with Crippen LogP contribution in [-0.2, 0) is 9.53 Å². The smallest absolute Gasteiger partial charge is 0.327 e. The van der Waals surface area contributed by atoms with Crippen molar-refractivity contribution in [3.63, 3.8) is 0 Å². The summed E-state index contributed by atoms with van der Waals surface area (Å²) < 4.78 is 4.15. The van der Waals surface area contributed by atoms with Gasteiger partial charge in [0.1, 0.15) is 0 Å². The lowest BCUT2D eigenvalue weighted by atomic mass is 10.7. The van der Waals surface area contributed by atoms with Crippen molar-refractivity contribution in [2.75, 3.05) is 6.61 Å². The lowest BCUT2D eigenvalue weighted by Gasteiger charge is -1.98. The van der Waals surface area contributed by atoms with Gasteiger partial charge in [0, 0.05) is 12.7 Å². The zero-order valence-electron chi connectivity index (χ0n) is 6.23. The first-order chi connectivity index (χ1) is 5.04. The summed E-state index contributed by atoms with van der Waals surface area (Å²) in [4.78, 5) is 9.25. The van der Waals surface area contributed by atoms with Gasteiger partial charge in [-0.2, -0.15) is 0 Å². The molecule has 0 aromatic carbocycles. The number of ether oxygens (including phenoxy) is 1. The van der Waals surface area contributed by atoms with Crippen molar-refractivity contribution < 1.29 is 24.9 Å². The van der Waals surface area contributed by atoms with Crippen molar-refractivity contribution in [2.24, 2.45) is 0 Å². The molecular weight excluding hydrogens is 152 g/mol. The molecule has 0 saturated carbocycles. The van der Waals surface area contributed by atoms with Crippen molar-refractivity contribution in [1.82, 2.24) is 0 Å². The number of aliphatic hydroxyl groups is 2. The summed E-state index contributed by atoms with van der Waals surface area (Å²) in [7, 11) is 0. The van der Waals surface area contributed by atoms with Crippen molar-refractivity contribution in [3.05, 3.63) is 12.7 Å². The fraction of sp³-hybridized carbons (Fsp3) is 0.500. The van der Waals surface area contributed by atoms with Gasteiger partial charge in [0.05, 0.1) is 0 Å². The van der Waals surface area contributed by atoms with Crippen LogP contribution in [0.2, 0.25) is 0 Å². The van der Waals surface area contributed by atoms with Gasteiger partial charge in [-0.05, 0) is 6.92 Å². The molecule has 66 valence electrons. The van der Waals surface area contributed by atoms with Gasteiger partial charge in [0.25, 0.3) is 6.48 Å². The molecule has 0 aromatic heterocycles. The number of carbonyl (C=O) groups is 1. The maximum absolute atomic E-state index is 9.25. The van der Waals surface area contributed by atoms with Crippen LogP contribution in [0.3, 0.4) is 0 Å². The van der Waals surface area contributed by atoms with E-state index in [9.17, 15) is 4.79 Å². The SMILES string of the molecule is C=CC(=O)O.CCOC(O)O. The topological polar surface area (TPSA) is 87.0 Å². The van der Waals surface area contributed by atoms with Gasteiger partial charge in [-0.3, -0.25) is 0 Å². The molecule has 0 spiro atoms. The Hall–Kier alpha value is -0.910. The molecule has 0 rings (SSSR count). The van der Waals surface area contributed by atoms with Gasteiger partial charge in [0.15, 0.2) is 0 Å². The highest BCUT2D eigenvalue weighted by Gasteiger charge is 1.87. The molecule has 0 saturated heterocycles. The second-order valence-electron chi connectivity index (χ2n) is 1.32. The van der Waals surface area contributed by atoms with E-state index in [-0.39, 0.29) is 0 Å². The third-order valence-corrected chi connectivity index (χ3v) is 0.490. The predicted octanol–water partition coefficient (Wildman–Crippen LogP) is -0.452. The molecule has 0 aliphatic heterocycles. The van der Waals surface area contributed by atoms with E-state index in [1.165, 1.54) is 0 Å². The Labute approximate surface area is 64.5 Å². The number of aliphatic hydroxyl groups excluding tert-OH is 1. The molecule has 0 radical (unpaired) electrons. The number of hydrogen-bond acceptors (Lipinski definition) is 4. The molecule has 0 amide bonds. The first kappa shape index (κ1) is 12.7. The Morgan fingerprint density at radius 3 is 2.09 bits per heavy atom. The largest absolute Gasteiger partial charge is 0.478 e. The van der Waals surface area contributed by atoms with E-state index in [0.717, 1.165) is 6.08 Å². The van der Waals surface area contributed by atoms with E-state index >= 15 is 0 Å². The monoisotopic (exact) mass is 164 g/mol. The number of carboxylic acids is 1. The Balaban J connectivity index is 0. The molecule has 5 nitrogen and oxygen atoms in total. The van der Waals surface area contributed by atoms with Gasteiger partial charge in [-0.25, -0.2) is 4.79 Å². The van der Waals surface area contributed by atoms with Gasteiger partial charge in [-0.15, -0.1) is 0 Å². The molecule has 0 aliphatic rings. The molecule has 3 N–H and O–H groups in total. The molecular formula is C6H12O5. The third-order valence-electron chi connectivity index (χ3n) is 0.490. The molecule has 0 heterocycles. The minimum Gasteiger partial charge on any atom is -0.478 e. The third kappa shape index (κ3) is 27.3. The van der Waals surface area contributed by atoms with Crippen LogP contribution in [0.1, 0.15) is 6.92 Å². The fourth-order valence-corrected chi connectivity index (χ4v) is 0.149. The summed E-state index contributed by atoms with van der Waals surface area (Å²) in [5.41, 5.74) is 0. The standard InChI is InChI=1S/C3H8O3.C3H4O2/c1-2-6-3(4)5;1-2-3(4)5/h3-5H,2H2,1H3;2H,1H2,(H,4,5). The lowest BCUT2D eigenvalue weighted by Crippen LogP contribution is -2.08. The molecule has 0 fully saturated rings. The molecule has 5 heteroatoms. The van der Waals surface area contributed by atoms with E-state index in [1.807, 2.05) is 0 Å². The Bertz CT molecular complexity index is 110. The molecule has 0 bridgehead atoms. The van der Waals surface area contributed by atoms with Crippen LogP contribution in [0.15, 0.2) is 12.7 Å². The maximum atomic E-state index is 9.25. The lowest BCUT2D eigenvalue weighted by molar-refractivity contribution is -0.231. The summed E-state index contributed by atoms with van der Waals surface area (Å²) in [5.74, 6) is -0.981. The van der Waals surface area contributed by atoms with Crippen molar-refractivity contribution in [1.29, 1.82) is 0 Å². The van der Waals surface area contributed by atoms with Crippen LogP contribution in [0.25, 0.3) is 0 Å². The molecule has 0 aromatic rings. The Kier molecular flexibility index (Phi) is 10.5. The van der Waals surface area contributed by atoms with E-state index in [0.29, 0.717) is 6.61 Å². The highest BCUT2D eigenvalue weighted by atomic mass is 16.7. The van der Waals surface area contributed by atoms with Gasteiger partial charge < -0.3 is 20.1 Å². The van der Waals surface area contributed by atoms with Gasteiger partial charge >= 0.3 is 5.97 Å². The Morgan fingerprint density at radius 1 is 1.73 bits per heavy atom. The zero-order valence-corrected chi connectivity index (χ0v) is 6.23. The minimum atomic E-state index is -1.60. The number of carboxylic acid groups (broad SMARTS) is 1. The predicted molar refractivity (Wildman–Crippen MR) is 37.7 cm³/mol. The summed E-state index contributed by atoms with van der Waals surface area (Å²) in [6.07, 6.45) is 0.833. The second-order valence-corrected chi connectivity index (χ2v) is 1.32. The van der Waals surface area contributed by atoms with Crippen LogP contribution in [0, 0.1) is 0 Å². The fourth-order valence-electron chi connectivity index (χ4n) is 0.149. The van der Waals surface area contributed by atoms with Crippen LogP contribution in [0.5, 0.6) is 0 Å². The summed E-state index contributed by atoms with van der Waals surface area (Å²) >= 11 is 0. The van der Waals surface area contributed by atoms with Crippen LogP contribution in [-0.4, -0.2) is 34.4 Å². The van der Waals surface area contributed by atoms with Crippen molar-refractivity contribution >= 4 is 5.97 Å².